The fraction of sp³-hybridized carbons (Fsp3) is 0. The molecule has 2 heterocycles. The van der Waals surface area contributed by atoms with E-state index in [1.165, 1.54) is 18.3 Å². The Hall–Kier alpha value is -3.34. The largest absolute Gasteiger partial charge is 0.340 e. The predicted octanol–water partition coefficient (Wildman–Crippen LogP) is 5.32. The zero-order valence-corrected chi connectivity index (χ0v) is 13.1. The van der Waals surface area contributed by atoms with Crippen LogP contribution in [0, 0.1) is 11.6 Å². The molecule has 4 aromatic rings. The van der Waals surface area contributed by atoms with Gasteiger partial charge in [-0.1, -0.05) is 18.2 Å². The molecule has 2 aromatic carbocycles. The van der Waals surface area contributed by atoms with Crippen molar-refractivity contribution in [3.63, 3.8) is 0 Å². The summed E-state index contributed by atoms with van der Waals surface area (Å²) in [6.45, 7) is 0. The van der Waals surface area contributed by atoms with Gasteiger partial charge in [-0.3, -0.25) is 4.98 Å². The van der Waals surface area contributed by atoms with E-state index in [1.54, 1.807) is 24.5 Å². The van der Waals surface area contributed by atoms with Gasteiger partial charge in [-0.15, -0.1) is 0 Å². The smallest absolute Gasteiger partial charge is 0.166 e. The van der Waals surface area contributed by atoms with Crippen molar-refractivity contribution < 1.29 is 8.78 Å². The molecule has 0 atom stereocenters. The molecule has 0 aliphatic heterocycles. The Balaban J connectivity index is 1.60. The van der Waals surface area contributed by atoms with Gasteiger partial charge in [-0.05, 0) is 41.8 Å². The minimum absolute atomic E-state index is 0.192. The number of nitrogens with one attached hydrogen (secondary N) is 1. The molecule has 25 heavy (non-hydrogen) atoms. The van der Waals surface area contributed by atoms with Crippen LogP contribution in [0.3, 0.4) is 0 Å². The third-order valence-corrected chi connectivity index (χ3v) is 3.94. The number of halogens is 2. The maximum absolute atomic E-state index is 13.9. The van der Waals surface area contributed by atoms with E-state index < -0.39 is 11.6 Å². The Morgan fingerprint density at radius 2 is 1.76 bits per heavy atom. The molecule has 122 valence electrons. The topological polar surface area (TPSA) is 37.8 Å². The Kier molecular flexibility index (Phi) is 3.82. The number of hydrogen-bond donors (Lipinski definition) is 1. The molecule has 5 heteroatoms. The number of aromatic nitrogens is 2. The third-order valence-electron chi connectivity index (χ3n) is 3.94. The summed E-state index contributed by atoms with van der Waals surface area (Å²) in [6, 6.07) is 15.4. The quantitative estimate of drug-likeness (QED) is 0.551. The average molecular weight is 333 g/mol. The summed E-state index contributed by atoms with van der Waals surface area (Å²) < 4.78 is 27.2. The van der Waals surface area contributed by atoms with Crippen LogP contribution in [-0.2, 0) is 0 Å². The first-order valence-corrected chi connectivity index (χ1v) is 7.72. The summed E-state index contributed by atoms with van der Waals surface area (Å²) in [7, 11) is 0. The fourth-order valence-electron chi connectivity index (χ4n) is 2.66. The van der Waals surface area contributed by atoms with E-state index in [0.717, 1.165) is 22.5 Å². The summed E-state index contributed by atoms with van der Waals surface area (Å²) in [6.07, 6.45) is 5.07. The number of hydrogen-bond acceptors (Lipinski definition) is 3. The normalized spacial score (nSPS) is 10.8. The van der Waals surface area contributed by atoms with Crippen molar-refractivity contribution in [3.05, 3.63) is 84.8 Å². The predicted molar refractivity (Wildman–Crippen MR) is 94.6 cm³/mol. The lowest BCUT2D eigenvalue weighted by Gasteiger charge is -2.08. The fourth-order valence-corrected chi connectivity index (χ4v) is 2.66. The molecule has 0 bridgehead atoms. The minimum Gasteiger partial charge on any atom is -0.340 e. The molecule has 4 rings (SSSR count). The van der Waals surface area contributed by atoms with E-state index in [0.29, 0.717) is 11.4 Å². The number of nitrogens with zero attached hydrogens (tertiary/aromatic N) is 2. The summed E-state index contributed by atoms with van der Waals surface area (Å²) in [4.78, 5) is 8.38. The van der Waals surface area contributed by atoms with Crippen molar-refractivity contribution in [1.29, 1.82) is 0 Å². The first-order valence-electron chi connectivity index (χ1n) is 7.72. The van der Waals surface area contributed by atoms with Crippen LogP contribution in [0.15, 0.2) is 73.2 Å². The molecule has 0 saturated carbocycles. The molecule has 0 radical (unpaired) electrons. The molecule has 0 spiro atoms. The molecular weight excluding hydrogens is 320 g/mol. The highest BCUT2D eigenvalue weighted by Gasteiger charge is 2.10. The standard InChI is InChI=1S/C20H13F2N3/c21-18-3-1-2-17(20(18)22)15-5-7-19(24-12-15)25-16-6-4-14-11-23-9-8-13(14)10-16/h1-12H,(H,24,25). The lowest BCUT2D eigenvalue weighted by Crippen LogP contribution is -1.95. The van der Waals surface area contributed by atoms with Crippen LogP contribution < -0.4 is 5.32 Å². The number of benzene rings is 2. The monoisotopic (exact) mass is 333 g/mol. The molecule has 0 aliphatic carbocycles. The van der Waals surface area contributed by atoms with Gasteiger partial charge in [0, 0.05) is 40.8 Å². The summed E-state index contributed by atoms with van der Waals surface area (Å²) in [5.74, 6) is -1.12. The van der Waals surface area contributed by atoms with Crippen molar-refractivity contribution in [2.24, 2.45) is 0 Å². The SMILES string of the molecule is Fc1cccc(-c2ccc(Nc3ccc4cnccc4c3)nc2)c1F. The third kappa shape index (κ3) is 3.04. The van der Waals surface area contributed by atoms with E-state index in [-0.39, 0.29) is 5.56 Å². The van der Waals surface area contributed by atoms with Gasteiger partial charge < -0.3 is 5.32 Å². The van der Waals surface area contributed by atoms with Crippen molar-refractivity contribution in [2.45, 2.75) is 0 Å². The Morgan fingerprint density at radius 1 is 0.840 bits per heavy atom. The molecule has 0 amide bonds. The van der Waals surface area contributed by atoms with Crippen molar-refractivity contribution in [3.8, 4) is 11.1 Å². The van der Waals surface area contributed by atoms with Gasteiger partial charge in [-0.25, -0.2) is 13.8 Å². The lowest BCUT2D eigenvalue weighted by molar-refractivity contribution is 0.511. The van der Waals surface area contributed by atoms with Crippen LogP contribution in [-0.4, -0.2) is 9.97 Å². The molecule has 2 aromatic heterocycles. The lowest BCUT2D eigenvalue weighted by atomic mass is 10.1. The van der Waals surface area contributed by atoms with Crippen LogP contribution in [0.2, 0.25) is 0 Å². The van der Waals surface area contributed by atoms with Gasteiger partial charge in [0.15, 0.2) is 11.6 Å². The van der Waals surface area contributed by atoms with Crippen LogP contribution >= 0.6 is 0 Å². The maximum Gasteiger partial charge on any atom is 0.166 e. The van der Waals surface area contributed by atoms with Crippen LogP contribution in [0.25, 0.3) is 21.9 Å². The summed E-state index contributed by atoms with van der Waals surface area (Å²) in [5, 5.41) is 5.32. The number of anilines is 2. The molecule has 0 unspecified atom stereocenters. The van der Waals surface area contributed by atoms with Gasteiger partial charge in [-0.2, -0.15) is 0 Å². The number of rotatable bonds is 3. The van der Waals surface area contributed by atoms with E-state index in [4.69, 9.17) is 0 Å². The van der Waals surface area contributed by atoms with E-state index in [2.05, 4.69) is 15.3 Å². The van der Waals surface area contributed by atoms with E-state index in [9.17, 15) is 8.78 Å². The molecular formula is C20H13F2N3. The molecule has 3 nitrogen and oxygen atoms in total. The highest BCUT2D eigenvalue weighted by Crippen LogP contribution is 2.26. The van der Waals surface area contributed by atoms with Crippen LogP contribution in [0.5, 0.6) is 0 Å². The van der Waals surface area contributed by atoms with Gasteiger partial charge in [0.25, 0.3) is 0 Å². The van der Waals surface area contributed by atoms with Crippen molar-refractivity contribution in [1.82, 2.24) is 9.97 Å². The van der Waals surface area contributed by atoms with Gasteiger partial charge in [0.05, 0.1) is 0 Å². The Labute approximate surface area is 143 Å². The Bertz CT molecular complexity index is 1050. The summed E-state index contributed by atoms with van der Waals surface area (Å²) >= 11 is 0. The van der Waals surface area contributed by atoms with E-state index in [1.807, 2.05) is 24.3 Å². The molecule has 0 saturated heterocycles. The highest BCUT2D eigenvalue weighted by atomic mass is 19.2. The molecule has 0 fully saturated rings. The van der Waals surface area contributed by atoms with E-state index >= 15 is 0 Å². The average Bonchev–Trinajstić information content (AvgIpc) is 2.65. The minimum atomic E-state index is -0.870. The van der Waals surface area contributed by atoms with Gasteiger partial charge in [0.1, 0.15) is 5.82 Å². The second-order valence-corrected chi connectivity index (χ2v) is 5.60. The number of pyridine rings is 2. The van der Waals surface area contributed by atoms with Crippen molar-refractivity contribution >= 4 is 22.3 Å². The first kappa shape index (κ1) is 15.2. The Morgan fingerprint density at radius 3 is 2.60 bits per heavy atom. The number of fused-ring (bicyclic) bond motifs is 1. The van der Waals surface area contributed by atoms with Gasteiger partial charge in [0.2, 0.25) is 0 Å². The van der Waals surface area contributed by atoms with Crippen LogP contribution in [0.4, 0.5) is 20.3 Å². The summed E-state index contributed by atoms with van der Waals surface area (Å²) in [5.41, 5.74) is 1.60. The molecule has 0 aliphatic rings. The highest BCUT2D eigenvalue weighted by molar-refractivity contribution is 5.85. The van der Waals surface area contributed by atoms with Crippen molar-refractivity contribution in [2.75, 3.05) is 5.32 Å². The van der Waals surface area contributed by atoms with Crippen LogP contribution in [0.1, 0.15) is 0 Å². The zero-order chi connectivity index (χ0) is 17.2. The second kappa shape index (κ2) is 6.28. The zero-order valence-electron chi connectivity index (χ0n) is 13.1. The maximum atomic E-state index is 13.9. The second-order valence-electron chi connectivity index (χ2n) is 5.60. The van der Waals surface area contributed by atoms with Gasteiger partial charge >= 0.3 is 0 Å². The first-order chi connectivity index (χ1) is 12.2. The molecule has 1 N–H and O–H groups in total.